The molecule has 0 aromatic heterocycles. The minimum atomic E-state index is -0.232. The molecule has 1 N–H and O–H groups in total. The Morgan fingerprint density at radius 2 is 2.26 bits per heavy atom. The van der Waals surface area contributed by atoms with Gasteiger partial charge in [0.15, 0.2) is 0 Å². The Kier molecular flexibility index (Phi) is 4.64. The second kappa shape index (κ2) is 5.90. The normalized spacial score (nSPS) is 27.8. The largest absolute Gasteiger partial charge is 0.365 e. The van der Waals surface area contributed by atoms with Crippen molar-refractivity contribution in [2.24, 2.45) is 5.92 Å². The van der Waals surface area contributed by atoms with Crippen LogP contribution in [-0.2, 0) is 4.74 Å². The van der Waals surface area contributed by atoms with E-state index in [1.807, 2.05) is 0 Å². The van der Waals surface area contributed by atoms with E-state index in [4.69, 9.17) is 4.74 Å². The number of nitrogens with one attached hydrogen (secondary N) is 1. The molecule has 1 fully saturated rings. The zero-order chi connectivity index (χ0) is 14.0. The van der Waals surface area contributed by atoms with E-state index in [0.717, 1.165) is 29.5 Å². The Labute approximate surface area is 122 Å². The molecule has 1 saturated heterocycles. The topological polar surface area (TPSA) is 21.3 Å². The van der Waals surface area contributed by atoms with Gasteiger partial charge >= 0.3 is 0 Å². The molecule has 0 bridgehead atoms. The van der Waals surface area contributed by atoms with Gasteiger partial charge in [-0.2, -0.15) is 0 Å². The smallest absolute Gasteiger partial charge is 0.124 e. The molecule has 0 saturated carbocycles. The molecular weight excluding hydrogens is 309 g/mol. The van der Waals surface area contributed by atoms with Gasteiger partial charge in [-0.1, -0.05) is 35.8 Å². The van der Waals surface area contributed by atoms with E-state index >= 15 is 0 Å². The van der Waals surface area contributed by atoms with Crippen molar-refractivity contribution >= 4 is 15.9 Å². The van der Waals surface area contributed by atoms with Crippen molar-refractivity contribution in [3.8, 4) is 0 Å². The predicted octanol–water partition coefficient (Wildman–Crippen LogP) is 4.05. The van der Waals surface area contributed by atoms with E-state index < -0.39 is 0 Å². The summed E-state index contributed by atoms with van der Waals surface area (Å²) in [7, 11) is 0. The van der Waals surface area contributed by atoms with E-state index in [0.29, 0.717) is 5.92 Å². The molecule has 2 atom stereocenters. The maximum absolute atomic E-state index is 13.2. The van der Waals surface area contributed by atoms with Crippen molar-refractivity contribution in [1.29, 1.82) is 0 Å². The molecule has 4 heteroatoms. The second-order valence-corrected chi connectivity index (χ2v) is 6.81. The van der Waals surface area contributed by atoms with Gasteiger partial charge in [0.25, 0.3) is 0 Å². The Morgan fingerprint density at radius 3 is 2.89 bits per heavy atom. The van der Waals surface area contributed by atoms with Gasteiger partial charge in [-0.25, -0.2) is 4.39 Å². The van der Waals surface area contributed by atoms with Crippen molar-refractivity contribution < 1.29 is 9.13 Å². The fourth-order valence-corrected chi connectivity index (χ4v) is 3.42. The minimum absolute atomic E-state index is 0.0347. The van der Waals surface area contributed by atoms with E-state index in [1.54, 1.807) is 6.07 Å². The highest BCUT2D eigenvalue weighted by atomic mass is 79.9. The molecule has 2 rings (SSSR count). The lowest BCUT2D eigenvalue weighted by atomic mass is 9.91. The van der Waals surface area contributed by atoms with Crippen LogP contribution in [0.4, 0.5) is 4.39 Å². The quantitative estimate of drug-likeness (QED) is 0.903. The van der Waals surface area contributed by atoms with Crippen LogP contribution in [0.3, 0.4) is 0 Å². The van der Waals surface area contributed by atoms with Gasteiger partial charge in [0, 0.05) is 17.6 Å². The van der Waals surface area contributed by atoms with Gasteiger partial charge in [0.1, 0.15) is 5.82 Å². The number of benzene rings is 1. The third-order valence-electron chi connectivity index (χ3n) is 3.40. The lowest BCUT2D eigenvalue weighted by Crippen LogP contribution is -2.49. The van der Waals surface area contributed by atoms with Crippen molar-refractivity contribution in [3.05, 3.63) is 34.1 Å². The number of morpholine rings is 1. The first-order valence-electron chi connectivity index (χ1n) is 6.73. The average Bonchev–Trinajstić information content (AvgIpc) is 2.26. The summed E-state index contributed by atoms with van der Waals surface area (Å²) in [6, 6.07) is 4.78. The van der Waals surface area contributed by atoms with E-state index in [1.165, 1.54) is 12.1 Å². The first kappa shape index (κ1) is 14.9. The molecule has 19 heavy (non-hydrogen) atoms. The number of halogens is 2. The summed E-state index contributed by atoms with van der Waals surface area (Å²) in [6.07, 6.45) is 0.974. The highest BCUT2D eigenvalue weighted by Gasteiger charge is 2.34. The summed E-state index contributed by atoms with van der Waals surface area (Å²) in [5, 5.41) is 3.43. The molecule has 0 spiro atoms. The summed E-state index contributed by atoms with van der Waals surface area (Å²) in [6.45, 7) is 8.17. The third kappa shape index (κ3) is 3.77. The summed E-state index contributed by atoms with van der Waals surface area (Å²) >= 11 is 3.42. The summed E-state index contributed by atoms with van der Waals surface area (Å²) in [5.74, 6) is 0.353. The maximum Gasteiger partial charge on any atom is 0.124 e. The fraction of sp³-hybridized carbons (Fsp3) is 0.600. The van der Waals surface area contributed by atoms with Crippen LogP contribution in [0, 0.1) is 11.7 Å². The van der Waals surface area contributed by atoms with Gasteiger partial charge in [0.2, 0.25) is 0 Å². The molecule has 1 aliphatic heterocycles. The lowest BCUT2D eigenvalue weighted by Gasteiger charge is -2.40. The molecule has 2 nitrogen and oxygen atoms in total. The second-order valence-electron chi connectivity index (χ2n) is 5.95. The lowest BCUT2D eigenvalue weighted by molar-refractivity contribution is -0.117. The van der Waals surface area contributed by atoms with Crippen LogP contribution in [0.2, 0.25) is 0 Å². The van der Waals surface area contributed by atoms with Gasteiger partial charge in [0.05, 0.1) is 11.7 Å². The Morgan fingerprint density at radius 1 is 1.53 bits per heavy atom. The molecule has 1 aliphatic rings. The number of hydrogen-bond donors (Lipinski definition) is 1. The van der Waals surface area contributed by atoms with Crippen molar-refractivity contribution in [3.63, 3.8) is 0 Å². The Hall–Kier alpha value is -0.450. The highest BCUT2D eigenvalue weighted by molar-refractivity contribution is 9.10. The van der Waals surface area contributed by atoms with Crippen molar-refractivity contribution in [2.75, 3.05) is 13.1 Å². The SMILES string of the molecule is CC(C)CC1(C)CNCC(c2ccc(F)cc2Br)O1. The molecule has 1 aromatic rings. The molecule has 1 heterocycles. The van der Waals surface area contributed by atoms with Crippen LogP contribution < -0.4 is 5.32 Å². The van der Waals surface area contributed by atoms with Crippen LogP contribution in [0.5, 0.6) is 0 Å². The summed E-state index contributed by atoms with van der Waals surface area (Å²) in [4.78, 5) is 0. The molecule has 0 radical (unpaired) electrons. The zero-order valence-corrected chi connectivity index (χ0v) is 13.3. The predicted molar refractivity (Wildman–Crippen MR) is 78.7 cm³/mol. The number of hydrogen-bond acceptors (Lipinski definition) is 2. The molecule has 106 valence electrons. The van der Waals surface area contributed by atoms with Crippen molar-refractivity contribution in [2.45, 2.75) is 38.9 Å². The van der Waals surface area contributed by atoms with Crippen LogP contribution >= 0.6 is 15.9 Å². The maximum atomic E-state index is 13.2. The molecule has 1 aromatic carbocycles. The van der Waals surface area contributed by atoms with Gasteiger partial charge in [-0.3, -0.25) is 0 Å². The highest BCUT2D eigenvalue weighted by Crippen LogP contribution is 2.34. The number of rotatable bonds is 3. The van der Waals surface area contributed by atoms with E-state index in [9.17, 15) is 4.39 Å². The standard InChI is InChI=1S/C15H21BrFNO/c1-10(2)7-15(3)9-18-8-14(19-15)12-5-4-11(17)6-13(12)16/h4-6,10,14,18H,7-9H2,1-3H3. The Balaban J connectivity index is 2.17. The minimum Gasteiger partial charge on any atom is -0.365 e. The molecule has 0 aliphatic carbocycles. The number of ether oxygens (including phenoxy) is 1. The van der Waals surface area contributed by atoms with Crippen LogP contribution in [0.1, 0.15) is 38.9 Å². The van der Waals surface area contributed by atoms with Gasteiger partial charge in [-0.05, 0) is 37.0 Å². The zero-order valence-electron chi connectivity index (χ0n) is 11.7. The van der Waals surface area contributed by atoms with E-state index in [-0.39, 0.29) is 17.5 Å². The monoisotopic (exact) mass is 329 g/mol. The average molecular weight is 330 g/mol. The molecule has 2 unspecified atom stereocenters. The van der Waals surface area contributed by atoms with Crippen LogP contribution in [0.25, 0.3) is 0 Å². The first-order valence-corrected chi connectivity index (χ1v) is 7.52. The Bertz CT molecular complexity index is 452. The fourth-order valence-electron chi connectivity index (χ4n) is 2.81. The van der Waals surface area contributed by atoms with E-state index in [2.05, 4.69) is 42.0 Å². The first-order chi connectivity index (χ1) is 8.89. The molecular formula is C15H21BrFNO. The molecule has 0 amide bonds. The third-order valence-corrected chi connectivity index (χ3v) is 4.09. The van der Waals surface area contributed by atoms with Gasteiger partial charge in [-0.15, -0.1) is 0 Å². The van der Waals surface area contributed by atoms with Gasteiger partial charge < -0.3 is 10.1 Å². The summed E-state index contributed by atoms with van der Waals surface area (Å²) < 4.78 is 20.2. The van der Waals surface area contributed by atoms with Crippen LogP contribution in [-0.4, -0.2) is 18.7 Å². The van der Waals surface area contributed by atoms with Crippen molar-refractivity contribution in [1.82, 2.24) is 5.32 Å². The summed E-state index contributed by atoms with van der Waals surface area (Å²) in [5.41, 5.74) is 0.842. The van der Waals surface area contributed by atoms with Crippen LogP contribution in [0.15, 0.2) is 22.7 Å².